The summed E-state index contributed by atoms with van der Waals surface area (Å²) in [6, 6.07) is 0. The third-order valence-electron chi connectivity index (χ3n) is 11.5. The van der Waals surface area contributed by atoms with Gasteiger partial charge in [0.1, 0.15) is 30.0 Å². The minimum atomic E-state index is -2.17. The van der Waals surface area contributed by atoms with E-state index in [4.69, 9.17) is 9.47 Å². The molecule has 232 valence electrons. The summed E-state index contributed by atoms with van der Waals surface area (Å²) >= 11 is 0. The summed E-state index contributed by atoms with van der Waals surface area (Å²) in [5.74, 6) is -0.203. The highest BCUT2D eigenvalue weighted by Crippen LogP contribution is 2.69. The average Bonchev–Trinajstić information content (AvgIpc) is 3.21. The first-order valence-electron chi connectivity index (χ1n) is 15.1. The quantitative estimate of drug-likeness (QED) is 0.227. The van der Waals surface area contributed by atoms with Gasteiger partial charge in [0.05, 0.1) is 17.6 Å². The molecule has 4 rings (SSSR count). The van der Waals surface area contributed by atoms with E-state index in [1.807, 2.05) is 0 Å². The number of carbonyl (C=O) groups is 2. The Morgan fingerprint density at radius 2 is 1.61 bits per heavy atom. The van der Waals surface area contributed by atoms with Crippen LogP contribution in [-0.4, -0.2) is 79.7 Å². The largest absolute Gasteiger partial charge is 0.465 e. The van der Waals surface area contributed by atoms with E-state index in [9.17, 15) is 35.1 Å². The number of hydrogen-bond acceptors (Lipinski definition) is 9. The Hall–Kier alpha value is -1.78. The summed E-state index contributed by atoms with van der Waals surface area (Å²) < 4.78 is 11.3. The standard InChI is InChI=1S/C32H50O9/c1-17(2)18(3)8-9-19(4)22-10-11-23-24-12-27(37)31(38)14-26(36)25(35)13-30(31,16-40-20(5)33)32(24,39)28(41-21(6)34)15-29(22,23)7/h8-9,12,17-19,22-23,25-28,35-39H,10-11,13-16H2,1-7H3/t18-,19+,22+,23-,25+,26+,27+,28+,29+,30+,31-,32-/m0/s1. The summed E-state index contributed by atoms with van der Waals surface area (Å²) in [7, 11) is 0. The zero-order chi connectivity index (χ0) is 30.7. The van der Waals surface area contributed by atoms with Gasteiger partial charge in [-0.15, -0.1) is 0 Å². The summed E-state index contributed by atoms with van der Waals surface area (Å²) in [6.07, 6.45) is 1.54. The molecule has 12 atom stereocenters. The Balaban J connectivity index is 1.87. The molecule has 0 aromatic carbocycles. The van der Waals surface area contributed by atoms with Gasteiger partial charge in [-0.25, -0.2) is 0 Å². The summed E-state index contributed by atoms with van der Waals surface area (Å²) in [5.41, 5.74) is -6.08. The van der Waals surface area contributed by atoms with Crippen molar-refractivity contribution in [3.63, 3.8) is 0 Å². The number of allylic oxidation sites excluding steroid dienone is 2. The van der Waals surface area contributed by atoms with Gasteiger partial charge >= 0.3 is 11.9 Å². The van der Waals surface area contributed by atoms with Crippen molar-refractivity contribution in [3.05, 3.63) is 23.8 Å². The third kappa shape index (κ3) is 4.89. The van der Waals surface area contributed by atoms with Crippen LogP contribution in [0.3, 0.4) is 0 Å². The summed E-state index contributed by atoms with van der Waals surface area (Å²) in [4.78, 5) is 24.6. The maximum atomic E-state index is 13.0. The minimum absolute atomic E-state index is 0.188. The van der Waals surface area contributed by atoms with E-state index in [1.165, 1.54) is 19.9 Å². The molecule has 0 radical (unpaired) electrons. The van der Waals surface area contributed by atoms with Gasteiger partial charge in [0.25, 0.3) is 0 Å². The van der Waals surface area contributed by atoms with Crippen LogP contribution in [0.5, 0.6) is 0 Å². The second kappa shape index (κ2) is 11.1. The van der Waals surface area contributed by atoms with Crippen molar-refractivity contribution in [2.45, 2.75) is 116 Å². The van der Waals surface area contributed by atoms with Crippen molar-refractivity contribution < 1.29 is 44.6 Å². The van der Waals surface area contributed by atoms with E-state index in [0.717, 1.165) is 6.42 Å². The molecule has 0 aromatic heterocycles. The Morgan fingerprint density at radius 1 is 0.976 bits per heavy atom. The highest BCUT2D eigenvalue weighted by molar-refractivity contribution is 5.67. The van der Waals surface area contributed by atoms with Crippen LogP contribution in [0.1, 0.15) is 80.6 Å². The molecule has 0 saturated heterocycles. The van der Waals surface area contributed by atoms with Gasteiger partial charge in [-0.3, -0.25) is 9.59 Å². The Morgan fingerprint density at radius 3 is 2.20 bits per heavy atom. The predicted octanol–water partition coefficient (Wildman–Crippen LogP) is 2.67. The first kappa shape index (κ1) is 32.1. The molecule has 0 aromatic rings. The lowest BCUT2D eigenvalue weighted by Gasteiger charge is -2.67. The maximum Gasteiger partial charge on any atom is 0.303 e. The molecule has 9 nitrogen and oxygen atoms in total. The molecule has 0 unspecified atom stereocenters. The highest BCUT2D eigenvalue weighted by atomic mass is 16.6. The molecular weight excluding hydrogens is 528 g/mol. The van der Waals surface area contributed by atoms with Crippen molar-refractivity contribution in [3.8, 4) is 0 Å². The monoisotopic (exact) mass is 578 g/mol. The lowest BCUT2D eigenvalue weighted by atomic mass is 9.42. The lowest BCUT2D eigenvalue weighted by molar-refractivity contribution is -0.313. The predicted molar refractivity (Wildman–Crippen MR) is 151 cm³/mol. The van der Waals surface area contributed by atoms with E-state index in [0.29, 0.717) is 23.8 Å². The first-order valence-corrected chi connectivity index (χ1v) is 15.1. The number of aliphatic hydroxyl groups excluding tert-OH is 3. The maximum absolute atomic E-state index is 13.0. The topological polar surface area (TPSA) is 154 Å². The number of rotatable bonds is 7. The molecule has 0 amide bonds. The van der Waals surface area contributed by atoms with Crippen LogP contribution in [0.25, 0.3) is 0 Å². The summed E-state index contributed by atoms with van der Waals surface area (Å²) in [5, 5.41) is 58.0. The molecule has 9 heteroatoms. The highest BCUT2D eigenvalue weighted by Gasteiger charge is 2.77. The van der Waals surface area contributed by atoms with E-state index >= 15 is 0 Å². The van der Waals surface area contributed by atoms with Gasteiger partial charge in [0.15, 0.2) is 0 Å². The average molecular weight is 579 g/mol. The fourth-order valence-electron chi connectivity index (χ4n) is 8.83. The minimum Gasteiger partial charge on any atom is -0.465 e. The number of fused-ring (bicyclic) bond motifs is 5. The first-order chi connectivity index (χ1) is 18.9. The molecule has 4 aliphatic rings. The Labute approximate surface area is 243 Å². The molecule has 0 aliphatic heterocycles. The van der Waals surface area contributed by atoms with Crippen LogP contribution >= 0.6 is 0 Å². The van der Waals surface area contributed by atoms with E-state index in [-0.39, 0.29) is 30.6 Å². The number of esters is 2. The lowest BCUT2D eigenvalue weighted by Crippen LogP contribution is -2.80. The molecule has 0 spiro atoms. The molecule has 0 bridgehead atoms. The third-order valence-corrected chi connectivity index (χ3v) is 11.5. The van der Waals surface area contributed by atoms with Crippen LogP contribution in [0, 0.1) is 40.4 Å². The smallest absolute Gasteiger partial charge is 0.303 e. The number of aliphatic hydroxyl groups is 5. The van der Waals surface area contributed by atoms with Crippen molar-refractivity contribution in [2.24, 2.45) is 40.4 Å². The summed E-state index contributed by atoms with van der Waals surface area (Å²) in [6.45, 7) is 12.8. The molecule has 0 heterocycles. The van der Waals surface area contributed by atoms with Crippen LogP contribution in [-0.2, 0) is 19.1 Å². The molecule has 5 N–H and O–H groups in total. The van der Waals surface area contributed by atoms with Crippen LogP contribution in [0.4, 0.5) is 0 Å². The van der Waals surface area contributed by atoms with Gasteiger partial charge in [-0.1, -0.05) is 52.8 Å². The van der Waals surface area contributed by atoms with Gasteiger partial charge in [-0.2, -0.15) is 0 Å². The SMILES string of the molecule is CC(=O)OC[C@]12C[C@@H](O)[C@H](O)C[C@]1(O)[C@H](O)C=C1[C@@H]3CC[C@H]([C@H](C)C=C[C@H](C)C(C)C)[C@@]3(C)C[C@@H](OC(C)=O)[C@@]12O. The normalized spacial score (nSPS) is 45.3. The van der Waals surface area contributed by atoms with Gasteiger partial charge in [0.2, 0.25) is 0 Å². The van der Waals surface area contributed by atoms with Crippen LogP contribution in [0.15, 0.2) is 23.8 Å². The second-order valence-electron chi connectivity index (χ2n) is 14.1. The molecular formula is C32H50O9. The zero-order valence-electron chi connectivity index (χ0n) is 25.5. The molecule has 3 fully saturated rings. The number of carbonyl (C=O) groups excluding carboxylic acids is 2. The second-order valence-corrected chi connectivity index (χ2v) is 14.1. The van der Waals surface area contributed by atoms with E-state index < -0.39 is 71.4 Å². The molecule has 41 heavy (non-hydrogen) atoms. The fourth-order valence-corrected chi connectivity index (χ4v) is 8.83. The Kier molecular flexibility index (Phi) is 8.66. The van der Waals surface area contributed by atoms with Crippen molar-refractivity contribution in [2.75, 3.05) is 6.61 Å². The van der Waals surface area contributed by atoms with E-state index in [2.05, 4.69) is 46.8 Å². The van der Waals surface area contributed by atoms with Crippen molar-refractivity contribution >= 4 is 11.9 Å². The number of ether oxygens (including phenoxy) is 2. The van der Waals surface area contributed by atoms with Gasteiger partial charge in [0, 0.05) is 20.3 Å². The van der Waals surface area contributed by atoms with Gasteiger partial charge in [-0.05, 0) is 66.3 Å². The van der Waals surface area contributed by atoms with Crippen molar-refractivity contribution in [1.29, 1.82) is 0 Å². The fraction of sp³-hybridized carbons (Fsp3) is 0.812. The molecule has 4 aliphatic carbocycles. The number of hydrogen-bond donors (Lipinski definition) is 5. The van der Waals surface area contributed by atoms with Gasteiger partial charge < -0.3 is 35.0 Å². The van der Waals surface area contributed by atoms with Crippen LogP contribution < -0.4 is 0 Å². The van der Waals surface area contributed by atoms with E-state index in [1.54, 1.807) is 0 Å². The van der Waals surface area contributed by atoms with Crippen LogP contribution in [0.2, 0.25) is 0 Å². The molecule has 3 saturated carbocycles. The van der Waals surface area contributed by atoms with Crippen molar-refractivity contribution in [1.82, 2.24) is 0 Å². The Bertz CT molecular complexity index is 1090. The zero-order valence-corrected chi connectivity index (χ0v) is 25.5.